The fraction of sp³-hybridized carbons (Fsp3) is 0.286. The number of fused-ring (bicyclic) bond motifs is 5. The van der Waals surface area contributed by atoms with Crippen LogP contribution in [0, 0.1) is 0 Å². The minimum Gasteiger partial charge on any atom is -0.357 e. The second kappa shape index (κ2) is 5.82. The largest absolute Gasteiger partial charge is 0.357 e. The number of benzene rings is 1. The fourth-order valence-corrected chi connectivity index (χ4v) is 4.58. The number of pyridine rings is 1. The zero-order chi connectivity index (χ0) is 19.6. The second-order valence-electron chi connectivity index (χ2n) is 7.59. The molecule has 1 fully saturated rings. The molecule has 7 nitrogen and oxygen atoms in total. The molecule has 2 aliphatic rings. The number of H-pyrrole nitrogens is 1. The molecule has 2 aromatic heterocycles. The maximum absolute atomic E-state index is 13.7. The van der Waals surface area contributed by atoms with E-state index < -0.39 is 6.04 Å². The number of rotatable bonds is 1. The molecule has 1 saturated heterocycles. The highest BCUT2D eigenvalue weighted by Gasteiger charge is 2.47. The molecule has 2 amide bonds. The molecule has 1 aromatic carbocycles. The topological polar surface area (TPSA) is 78.4 Å². The van der Waals surface area contributed by atoms with Gasteiger partial charge in [0.05, 0.1) is 11.6 Å². The van der Waals surface area contributed by atoms with Crippen molar-refractivity contribution in [3.05, 3.63) is 69.8 Å². The molecule has 0 spiro atoms. The van der Waals surface area contributed by atoms with Crippen LogP contribution in [0.1, 0.15) is 27.5 Å². The lowest BCUT2D eigenvalue weighted by atomic mass is 9.84. The molecule has 0 saturated carbocycles. The highest BCUT2D eigenvalue weighted by molar-refractivity contribution is 6.07. The van der Waals surface area contributed by atoms with Gasteiger partial charge in [-0.05, 0) is 17.2 Å². The molecular weight excluding hydrogens is 356 g/mol. The van der Waals surface area contributed by atoms with E-state index in [4.69, 9.17) is 0 Å². The summed E-state index contributed by atoms with van der Waals surface area (Å²) >= 11 is 0. The van der Waals surface area contributed by atoms with Crippen LogP contribution in [0.3, 0.4) is 0 Å². The molecule has 28 heavy (non-hydrogen) atoms. The Hall–Kier alpha value is -3.35. The van der Waals surface area contributed by atoms with Crippen LogP contribution in [0.25, 0.3) is 10.9 Å². The van der Waals surface area contributed by atoms with Gasteiger partial charge in [-0.15, -0.1) is 0 Å². The summed E-state index contributed by atoms with van der Waals surface area (Å²) in [7, 11) is 3.42. The van der Waals surface area contributed by atoms with Crippen LogP contribution in [0.2, 0.25) is 0 Å². The van der Waals surface area contributed by atoms with E-state index in [-0.39, 0.29) is 23.4 Å². The molecule has 2 bridgehead atoms. The highest BCUT2D eigenvalue weighted by Crippen LogP contribution is 2.38. The first-order valence-corrected chi connectivity index (χ1v) is 9.29. The van der Waals surface area contributed by atoms with Crippen LogP contribution >= 0.6 is 0 Å². The van der Waals surface area contributed by atoms with E-state index in [2.05, 4.69) is 4.98 Å². The molecule has 3 aromatic rings. The van der Waals surface area contributed by atoms with Crippen molar-refractivity contribution in [1.82, 2.24) is 19.4 Å². The van der Waals surface area contributed by atoms with Crippen LogP contribution in [-0.2, 0) is 18.3 Å². The van der Waals surface area contributed by atoms with Crippen molar-refractivity contribution in [2.24, 2.45) is 7.05 Å². The molecule has 1 N–H and O–H groups in total. The predicted octanol–water partition coefficient (Wildman–Crippen LogP) is 1.45. The van der Waals surface area contributed by atoms with E-state index in [0.29, 0.717) is 29.4 Å². The van der Waals surface area contributed by atoms with Gasteiger partial charge in [0.15, 0.2) is 0 Å². The van der Waals surface area contributed by atoms with Gasteiger partial charge in [-0.3, -0.25) is 14.4 Å². The molecular formula is C21H20N4O3. The number of piperazine rings is 1. The molecule has 0 radical (unpaired) electrons. The Balaban J connectivity index is 1.68. The maximum atomic E-state index is 13.7. The third kappa shape index (κ3) is 2.19. The van der Waals surface area contributed by atoms with Crippen LogP contribution in [0.4, 0.5) is 0 Å². The molecule has 4 heterocycles. The number of hydrogen-bond acceptors (Lipinski definition) is 3. The van der Waals surface area contributed by atoms with Crippen molar-refractivity contribution in [3.8, 4) is 0 Å². The van der Waals surface area contributed by atoms with Gasteiger partial charge in [-0.2, -0.15) is 0 Å². The van der Waals surface area contributed by atoms with Crippen LogP contribution < -0.4 is 5.56 Å². The van der Waals surface area contributed by atoms with Gasteiger partial charge in [0.25, 0.3) is 11.5 Å². The number of nitrogens with zero attached hydrogens (tertiary/aromatic N) is 3. The lowest BCUT2D eigenvalue weighted by Crippen LogP contribution is -2.61. The standard InChI is InChI=1S/C21H20N4O3/c1-23-10-15(14-7-8-22-18(14)21(23)28)19(26)25-16-9-12-5-3-4-6-13(12)17(25)11-24(2)20(16)27/h3-8,10,16-17,22H,9,11H2,1-2H3/t16-,17-/m0/s1. The smallest absolute Gasteiger partial charge is 0.274 e. The summed E-state index contributed by atoms with van der Waals surface area (Å²) in [6, 6.07) is 9.02. The summed E-state index contributed by atoms with van der Waals surface area (Å²) in [5, 5.41) is 0.589. The number of aromatic amines is 1. The quantitative estimate of drug-likeness (QED) is 0.698. The normalized spacial score (nSPS) is 21.1. The average molecular weight is 376 g/mol. The monoisotopic (exact) mass is 376 g/mol. The number of carbonyl (C=O) groups is 2. The molecule has 2 atom stereocenters. The Labute approximate surface area is 161 Å². The van der Waals surface area contributed by atoms with Gasteiger partial charge < -0.3 is 19.4 Å². The molecule has 0 aliphatic carbocycles. The molecule has 0 unspecified atom stereocenters. The molecule has 5 rings (SSSR count). The number of carbonyl (C=O) groups excluding carboxylic acids is 2. The third-order valence-electron chi connectivity index (χ3n) is 5.97. The summed E-state index contributed by atoms with van der Waals surface area (Å²) in [5.74, 6) is -0.264. The van der Waals surface area contributed by atoms with Gasteiger partial charge in [-0.25, -0.2) is 0 Å². The van der Waals surface area contributed by atoms with Crippen molar-refractivity contribution in [2.75, 3.05) is 13.6 Å². The Bertz CT molecular complexity index is 1190. The molecule has 142 valence electrons. The Morgan fingerprint density at radius 3 is 2.71 bits per heavy atom. The summed E-state index contributed by atoms with van der Waals surface area (Å²) in [4.78, 5) is 45.3. The lowest BCUT2D eigenvalue weighted by Gasteiger charge is -2.49. The number of likely N-dealkylation sites (N-methyl/N-ethyl adjacent to an activating group) is 1. The van der Waals surface area contributed by atoms with Crippen molar-refractivity contribution in [3.63, 3.8) is 0 Å². The van der Waals surface area contributed by atoms with E-state index in [1.54, 1.807) is 42.4 Å². The first-order valence-electron chi connectivity index (χ1n) is 9.29. The number of aromatic nitrogens is 2. The van der Waals surface area contributed by atoms with Crippen molar-refractivity contribution in [1.29, 1.82) is 0 Å². The van der Waals surface area contributed by atoms with E-state index >= 15 is 0 Å². The van der Waals surface area contributed by atoms with E-state index in [1.807, 2.05) is 24.3 Å². The van der Waals surface area contributed by atoms with E-state index in [0.717, 1.165) is 11.1 Å². The Morgan fingerprint density at radius 2 is 1.89 bits per heavy atom. The Morgan fingerprint density at radius 1 is 1.11 bits per heavy atom. The maximum Gasteiger partial charge on any atom is 0.274 e. The van der Waals surface area contributed by atoms with E-state index in [1.165, 1.54) is 4.57 Å². The number of amides is 2. The SMILES string of the molecule is CN1C[C@H]2c3ccccc3C[C@@H](C1=O)N2C(=O)c1cn(C)c(=O)c2[nH]ccc12. The number of aryl methyl sites for hydroxylation is 1. The minimum absolute atomic E-state index is 0.0470. The van der Waals surface area contributed by atoms with Gasteiger partial charge >= 0.3 is 0 Å². The summed E-state index contributed by atoms with van der Waals surface area (Å²) in [5.41, 5.74) is 2.86. The third-order valence-corrected chi connectivity index (χ3v) is 5.97. The first kappa shape index (κ1) is 16.8. The van der Waals surface area contributed by atoms with Crippen molar-refractivity contribution in [2.45, 2.75) is 18.5 Å². The average Bonchev–Trinajstić information content (AvgIpc) is 3.18. The van der Waals surface area contributed by atoms with Crippen LogP contribution in [0.5, 0.6) is 0 Å². The number of nitrogens with one attached hydrogen (secondary N) is 1. The van der Waals surface area contributed by atoms with Crippen LogP contribution in [-0.4, -0.2) is 50.8 Å². The highest BCUT2D eigenvalue weighted by atomic mass is 16.2. The van der Waals surface area contributed by atoms with Crippen molar-refractivity contribution < 1.29 is 9.59 Å². The summed E-state index contributed by atoms with van der Waals surface area (Å²) in [6.07, 6.45) is 3.74. The Kier molecular flexibility index (Phi) is 3.49. The first-order chi connectivity index (χ1) is 13.5. The summed E-state index contributed by atoms with van der Waals surface area (Å²) < 4.78 is 1.41. The van der Waals surface area contributed by atoms with Gasteiger partial charge in [0, 0.05) is 44.8 Å². The lowest BCUT2D eigenvalue weighted by molar-refractivity contribution is -0.142. The predicted molar refractivity (Wildman–Crippen MR) is 104 cm³/mol. The van der Waals surface area contributed by atoms with E-state index in [9.17, 15) is 14.4 Å². The number of hydrogen-bond donors (Lipinski definition) is 1. The fourth-order valence-electron chi connectivity index (χ4n) is 4.58. The van der Waals surface area contributed by atoms with Gasteiger partial charge in [-0.1, -0.05) is 24.3 Å². The zero-order valence-electron chi connectivity index (χ0n) is 15.7. The van der Waals surface area contributed by atoms with Gasteiger partial charge in [0.2, 0.25) is 5.91 Å². The second-order valence-corrected chi connectivity index (χ2v) is 7.59. The zero-order valence-corrected chi connectivity index (χ0v) is 15.7. The summed E-state index contributed by atoms with van der Waals surface area (Å²) in [6.45, 7) is 0.458. The molecule has 2 aliphatic heterocycles. The van der Waals surface area contributed by atoms with Gasteiger partial charge in [0.1, 0.15) is 11.6 Å². The minimum atomic E-state index is -0.530. The molecule has 7 heteroatoms. The van der Waals surface area contributed by atoms with Crippen LogP contribution in [0.15, 0.2) is 47.5 Å². The van der Waals surface area contributed by atoms with Crippen molar-refractivity contribution >= 4 is 22.7 Å².